The molecule has 0 aliphatic carbocycles. The highest BCUT2D eigenvalue weighted by molar-refractivity contribution is 5.92. The number of pyridine rings is 1. The van der Waals surface area contributed by atoms with Gasteiger partial charge >= 0.3 is 0 Å². The Balaban J connectivity index is 0.00000121. The SMILES string of the molecule is C[C@@H]1CNCCN1C(=O)c1cc(-c2ccccn2)no1.Cl.Cl. The number of carbonyl (C=O) groups is 1. The first-order valence-electron chi connectivity index (χ1n) is 6.65. The summed E-state index contributed by atoms with van der Waals surface area (Å²) in [5.74, 6) is 0.146. The Morgan fingerprint density at radius 3 is 2.86 bits per heavy atom. The van der Waals surface area contributed by atoms with E-state index in [4.69, 9.17) is 4.52 Å². The van der Waals surface area contributed by atoms with E-state index in [1.165, 1.54) is 0 Å². The summed E-state index contributed by atoms with van der Waals surface area (Å²) in [5.41, 5.74) is 1.28. The van der Waals surface area contributed by atoms with E-state index in [-0.39, 0.29) is 42.5 Å². The topological polar surface area (TPSA) is 71.3 Å². The fourth-order valence-corrected chi connectivity index (χ4v) is 2.30. The molecule has 3 rings (SSSR count). The van der Waals surface area contributed by atoms with Crippen LogP contribution in [0.15, 0.2) is 35.0 Å². The highest BCUT2D eigenvalue weighted by atomic mass is 35.5. The number of rotatable bonds is 2. The minimum atomic E-state index is -0.117. The van der Waals surface area contributed by atoms with Gasteiger partial charge in [0.2, 0.25) is 5.76 Å². The van der Waals surface area contributed by atoms with Gasteiger partial charge in [-0.15, -0.1) is 24.8 Å². The quantitative estimate of drug-likeness (QED) is 0.902. The predicted molar refractivity (Wildman–Crippen MR) is 87.6 cm³/mol. The molecule has 0 bridgehead atoms. The van der Waals surface area contributed by atoms with Crippen molar-refractivity contribution < 1.29 is 9.32 Å². The number of hydrogen-bond donors (Lipinski definition) is 1. The summed E-state index contributed by atoms with van der Waals surface area (Å²) >= 11 is 0. The van der Waals surface area contributed by atoms with E-state index in [0.717, 1.165) is 13.1 Å². The summed E-state index contributed by atoms with van der Waals surface area (Å²) in [5, 5.41) is 7.18. The standard InChI is InChI=1S/C14H16N4O2.2ClH/c1-10-9-15-6-7-18(10)14(19)13-8-12(17-20-13)11-4-2-3-5-16-11;;/h2-5,8,10,15H,6-7,9H2,1H3;2*1H/t10-;;/m1../s1. The van der Waals surface area contributed by atoms with Crippen LogP contribution in [0.5, 0.6) is 0 Å². The van der Waals surface area contributed by atoms with Gasteiger partial charge in [-0.2, -0.15) is 0 Å². The van der Waals surface area contributed by atoms with Crippen LogP contribution >= 0.6 is 24.8 Å². The summed E-state index contributed by atoms with van der Waals surface area (Å²) in [6.45, 7) is 4.30. The van der Waals surface area contributed by atoms with Crippen LogP contribution in [-0.2, 0) is 0 Å². The average Bonchev–Trinajstić information content (AvgIpc) is 2.98. The van der Waals surface area contributed by atoms with Crippen LogP contribution in [0.3, 0.4) is 0 Å². The van der Waals surface area contributed by atoms with Gasteiger partial charge in [0, 0.05) is 37.9 Å². The van der Waals surface area contributed by atoms with E-state index in [9.17, 15) is 4.79 Å². The fourth-order valence-electron chi connectivity index (χ4n) is 2.30. The van der Waals surface area contributed by atoms with Gasteiger partial charge in [0.05, 0.1) is 5.69 Å². The first-order chi connectivity index (χ1) is 9.75. The van der Waals surface area contributed by atoms with Crippen molar-refractivity contribution in [3.63, 3.8) is 0 Å². The number of aromatic nitrogens is 2. The van der Waals surface area contributed by atoms with E-state index >= 15 is 0 Å². The van der Waals surface area contributed by atoms with Crippen LogP contribution in [-0.4, -0.2) is 46.6 Å². The number of piperazine rings is 1. The summed E-state index contributed by atoms with van der Waals surface area (Å²) in [7, 11) is 0. The second-order valence-electron chi connectivity index (χ2n) is 4.84. The Hall–Kier alpha value is -1.63. The molecule has 6 nitrogen and oxygen atoms in total. The summed E-state index contributed by atoms with van der Waals surface area (Å²) < 4.78 is 5.18. The predicted octanol–water partition coefficient (Wildman–Crippen LogP) is 2.01. The van der Waals surface area contributed by atoms with Crippen LogP contribution in [0.1, 0.15) is 17.5 Å². The number of amides is 1. The van der Waals surface area contributed by atoms with Crippen LogP contribution in [0.25, 0.3) is 11.4 Å². The van der Waals surface area contributed by atoms with Crippen molar-refractivity contribution in [1.29, 1.82) is 0 Å². The highest BCUT2D eigenvalue weighted by Gasteiger charge is 2.27. The molecule has 120 valence electrons. The molecule has 0 unspecified atom stereocenters. The molecular formula is C14H18Cl2N4O2. The zero-order valence-corrected chi connectivity index (χ0v) is 13.7. The van der Waals surface area contributed by atoms with Gasteiger partial charge in [-0.3, -0.25) is 9.78 Å². The molecule has 1 saturated heterocycles. The van der Waals surface area contributed by atoms with Crippen molar-refractivity contribution in [1.82, 2.24) is 20.4 Å². The van der Waals surface area contributed by atoms with E-state index in [0.29, 0.717) is 17.9 Å². The molecule has 22 heavy (non-hydrogen) atoms. The molecule has 1 atom stereocenters. The fraction of sp³-hybridized carbons (Fsp3) is 0.357. The lowest BCUT2D eigenvalue weighted by Crippen LogP contribution is -2.52. The lowest BCUT2D eigenvalue weighted by Gasteiger charge is -2.33. The van der Waals surface area contributed by atoms with Gasteiger partial charge < -0.3 is 14.7 Å². The van der Waals surface area contributed by atoms with Crippen LogP contribution in [0.4, 0.5) is 0 Å². The number of nitrogens with zero attached hydrogens (tertiary/aromatic N) is 3. The Labute approximate surface area is 141 Å². The smallest absolute Gasteiger partial charge is 0.292 e. The maximum absolute atomic E-state index is 12.4. The molecule has 1 N–H and O–H groups in total. The molecule has 1 fully saturated rings. The molecule has 3 heterocycles. The molecule has 0 spiro atoms. The van der Waals surface area contributed by atoms with E-state index < -0.39 is 0 Å². The lowest BCUT2D eigenvalue weighted by molar-refractivity contribution is 0.0613. The molecule has 2 aromatic heterocycles. The van der Waals surface area contributed by atoms with Crippen molar-refractivity contribution in [3.8, 4) is 11.4 Å². The molecular weight excluding hydrogens is 327 g/mol. The molecule has 1 amide bonds. The van der Waals surface area contributed by atoms with E-state index in [2.05, 4.69) is 15.5 Å². The molecule has 0 aromatic carbocycles. The number of carbonyl (C=O) groups excluding carboxylic acids is 1. The Bertz CT molecular complexity index is 606. The van der Waals surface area contributed by atoms with E-state index in [1.807, 2.05) is 25.1 Å². The summed E-state index contributed by atoms with van der Waals surface area (Å²) in [6, 6.07) is 7.34. The average molecular weight is 345 g/mol. The largest absolute Gasteiger partial charge is 0.350 e. The van der Waals surface area contributed by atoms with Gasteiger partial charge in [-0.05, 0) is 19.1 Å². The van der Waals surface area contributed by atoms with Gasteiger partial charge in [-0.1, -0.05) is 11.2 Å². The maximum Gasteiger partial charge on any atom is 0.292 e. The monoisotopic (exact) mass is 344 g/mol. The molecule has 0 radical (unpaired) electrons. The zero-order valence-electron chi connectivity index (χ0n) is 12.1. The van der Waals surface area contributed by atoms with Gasteiger partial charge in [0.15, 0.2) is 0 Å². The van der Waals surface area contributed by atoms with Crippen molar-refractivity contribution in [2.45, 2.75) is 13.0 Å². The third-order valence-electron chi connectivity index (χ3n) is 3.41. The zero-order chi connectivity index (χ0) is 13.9. The van der Waals surface area contributed by atoms with Gasteiger partial charge in [0.25, 0.3) is 5.91 Å². The van der Waals surface area contributed by atoms with Crippen LogP contribution < -0.4 is 5.32 Å². The molecule has 1 aliphatic heterocycles. The number of halogens is 2. The van der Waals surface area contributed by atoms with Gasteiger partial charge in [-0.25, -0.2) is 0 Å². The lowest BCUT2D eigenvalue weighted by atomic mass is 10.2. The number of nitrogens with one attached hydrogen (secondary N) is 1. The Kier molecular flexibility index (Phi) is 6.80. The first-order valence-corrected chi connectivity index (χ1v) is 6.65. The molecule has 8 heteroatoms. The highest BCUT2D eigenvalue weighted by Crippen LogP contribution is 2.18. The van der Waals surface area contributed by atoms with Crippen molar-refractivity contribution in [2.75, 3.05) is 19.6 Å². The molecule has 1 aliphatic rings. The van der Waals surface area contributed by atoms with Crippen molar-refractivity contribution >= 4 is 30.7 Å². The van der Waals surface area contributed by atoms with Crippen molar-refractivity contribution in [2.24, 2.45) is 0 Å². The summed E-state index contributed by atoms with van der Waals surface area (Å²) in [4.78, 5) is 18.4. The third-order valence-corrected chi connectivity index (χ3v) is 3.41. The van der Waals surface area contributed by atoms with Crippen molar-refractivity contribution in [3.05, 3.63) is 36.2 Å². The normalized spacial score (nSPS) is 17.3. The second-order valence-corrected chi connectivity index (χ2v) is 4.84. The third kappa shape index (κ3) is 3.76. The van der Waals surface area contributed by atoms with Crippen LogP contribution in [0.2, 0.25) is 0 Å². The van der Waals surface area contributed by atoms with Crippen LogP contribution in [0, 0.1) is 0 Å². The second kappa shape index (κ2) is 8.12. The maximum atomic E-state index is 12.4. The Morgan fingerprint density at radius 2 is 2.18 bits per heavy atom. The first kappa shape index (κ1) is 18.4. The minimum absolute atomic E-state index is 0. The molecule has 2 aromatic rings. The molecule has 0 saturated carbocycles. The minimum Gasteiger partial charge on any atom is -0.350 e. The Morgan fingerprint density at radius 1 is 1.36 bits per heavy atom. The van der Waals surface area contributed by atoms with Gasteiger partial charge in [0.1, 0.15) is 5.69 Å². The van der Waals surface area contributed by atoms with E-state index in [1.54, 1.807) is 17.2 Å². The number of hydrogen-bond acceptors (Lipinski definition) is 5. The summed E-state index contributed by atoms with van der Waals surface area (Å²) in [6.07, 6.45) is 1.68.